The zero-order valence-corrected chi connectivity index (χ0v) is 16.5. The summed E-state index contributed by atoms with van der Waals surface area (Å²) in [5.74, 6) is 1.03. The van der Waals surface area contributed by atoms with Gasteiger partial charge in [0, 0.05) is 29.3 Å². The van der Waals surface area contributed by atoms with E-state index in [0.717, 1.165) is 23.4 Å². The van der Waals surface area contributed by atoms with Crippen LogP contribution in [0.25, 0.3) is 0 Å². The zero-order chi connectivity index (χ0) is 20.2. The number of carbonyl (C=O) groups is 1. The number of aromatic nitrogens is 1. The van der Waals surface area contributed by atoms with E-state index < -0.39 is 0 Å². The second kappa shape index (κ2) is 8.22. The Balaban J connectivity index is 1.52. The Morgan fingerprint density at radius 1 is 1.03 bits per heavy atom. The third-order valence-corrected chi connectivity index (χ3v) is 4.80. The highest BCUT2D eigenvalue weighted by Gasteiger charge is 2.14. The van der Waals surface area contributed by atoms with Crippen molar-refractivity contribution < 1.29 is 14.3 Å². The van der Waals surface area contributed by atoms with E-state index in [-0.39, 0.29) is 5.91 Å². The molecule has 29 heavy (non-hydrogen) atoms. The van der Waals surface area contributed by atoms with Crippen LogP contribution < -0.4 is 20.1 Å². The maximum Gasteiger partial charge on any atom is 0.274 e. The van der Waals surface area contributed by atoms with Gasteiger partial charge < -0.3 is 20.1 Å². The van der Waals surface area contributed by atoms with Crippen molar-refractivity contribution in [2.45, 2.75) is 20.3 Å². The lowest BCUT2D eigenvalue weighted by Gasteiger charge is -2.19. The molecule has 3 aromatic rings. The van der Waals surface area contributed by atoms with Crippen LogP contribution in [0, 0.1) is 6.92 Å². The Morgan fingerprint density at radius 2 is 1.86 bits per heavy atom. The van der Waals surface area contributed by atoms with E-state index in [1.165, 1.54) is 5.56 Å². The van der Waals surface area contributed by atoms with Gasteiger partial charge >= 0.3 is 0 Å². The highest BCUT2D eigenvalue weighted by molar-refractivity contribution is 6.03. The molecule has 0 unspecified atom stereocenters. The van der Waals surface area contributed by atoms with Gasteiger partial charge in [0.1, 0.15) is 18.9 Å². The number of pyridine rings is 1. The first-order valence-electron chi connectivity index (χ1n) is 9.66. The quantitative estimate of drug-likeness (QED) is 0.661. The van der Waals surface area contributed by atoms with E-state index in [9.17, 15) is 4.79 Å². The molecule has 6 nitrogen and oxygen atoms in total. The molecule has 0 spiro atoms. The van der Waals surface area contributed by atoms with E-state index in [1.807, 2.05) is 6.07 Å². The number of anilines is 3. The summed E-state index contributed by atoms with van der Waals surface area (Å²) in [6.07, 6.45) is 2.55. The van der Waals surface area contributed by atoms with E-state index in [0.29, 0.717) is 36.1 Å². The van der Waals surface area contributed by atoms with Gasteiger partial charge in [0.15, 0.2) is 11.5 Å². The highest BCUT2D eigenvalue weighted by atomic mass is 16.6. The van der Waals surface area contributed by atoms with E-state index >= 15 is 0 Å². The van der Waals surface area contributed by atoms with Gasteiger partial charge in [-0.25, -0.2) is 0 Å². The molecule has 6 heteroatoms. The lowest BCUT2D eigenvalue weighted by Crippen LogP contribution is -2.17. The number of hydrogen-bond donors (Lipinski definition) is 2. The molecule has 1 aromatic heterocycles. The molecule has 1 aliphatic rings. The van der Waals surface area contributed by atoms with Crippen LogP contribution in [0.3, 0.4) is 0 Å². The second-order valence-corrected chi connectivity index (χ2v) is 6.83. The Bertz CT molecular complexity index is 1050. The standard InChI is InChI=1S/C23H23N3O3/c1-3-16-6-4-5-15(2)22(16)25-18-9-10-24-19(13-18)23(27)26-17-7-8-20-21(14-17)29-12-11-28-20/h4-10,13-14H,3,11-12H2,1-2H3,(H,24,25)(H,26,27). The minimum Gasteiger partial charge on any atom is -0.486 e. The molecule has 0 bridgehead atoms. The molecule has 0 saturated carbocycles. The molecule has 0 atom stereocenters. The normalized spacial score (nSPS) is 12.3. The number of ether oxygens (including phenoxy) is 2. The molecular weight excluding hydrogens is 366 g/mol. The molecule has 0 aliphatic carbocycles. The van der Waals surface area contributed by atoms with Gasteiger partial charge in [-0.3, -0.25) is 9.78 Å². The van der Waals surface area contributed by atoms with Crippen LogP contribution in [-0.4, -0.2) is 24.1 Å². The third kappa shape index (κ3) is 4.16. The molecule has 0 fully saturated rings. The summed E-state index contributed by atoms with van der Waals surface area (Å²) in [5, 5.41) is 6.30. The Hall–Kier alpha value is -3.54. The lowest BCUT2D eigenvalue weighted by atomic mass is 10.1. The maximum atomic E-state index is 12.7. The van der Waals surface area contributed by atoms with Gasteiger partial charge in [-0.2, -0.15) is 0 Å². The van der Waals surface area contributed by atoms with Crippen LogP contribution >= 0.6 is 0 Å². The number of nitrogens with one attached hydrogen (secondary N) is 2. The van der Waals surface area contributed by atoms with E-state index in [2.05, 4.69) is 47.7 Å². The summed E-state index contributed by atoms with van der Waals surface area (Å²) >= 11 is 0. The molecule has 0 radical (unpaired) electrons. The lowest BCUT2D eigenvalue weighted by molar-refractivity contribution is 0.102. The number of benzene rings is 2. The van der Waals surface area contributed by atoms with Gasteiger partial charge in [-0.1, -0.05) is 25.1 Å². The van der Waals surface area contributed by atoms with E-state index in [4.69, 9.17) is 9.47 Å². The Kier molecular flexibility index (Phi) is 5.33. The van der Waals surface area contributed by atoms with Crippen molar-refractivity contribution in [3.8, 4) is 11.5 Å². The fourth-order valence-electron chi connectivity index (χ4n) is 3.30. The number of amides is 1. The minimum atomic E-state index is -0.286. The molecular formula is C23H23N3O3. The topological polar surface area (TPSA) is 72.5 Å². The average molecular weight is 389 g/mol. The number of hydrogen-bond acceptors (Lipinski definition) is 5. The van der Waals surface area contributed by atoms with Crippen LogP contribution in [0.5, 0.6) is 11.5 Å². The summed E-state index contributed by atoms with van der Waals surface area (Å²) in [4.78, 5) is 16.9. The molecule has 2 aromatic carbocycles. The monoisotopic (exact) mass is 389 g/mol. The van der Waals surface area contributed by atoms with Crippen molar-refractivity contribution >= 4 is 23.0 Å². The summed E-state index contributed by atoms with van der Waals surface area (Å²) in [7, 11) is 0. The predicted molar refractivity (Wildman–Crippen MR) is 113 cm³/mol. The van der Waals surface area contributed by atoms with Gasteiger partial charge in [-0.15, -0.1) is 0 Å². The largest absolute Gasteiger partial charge is 0.486 e. The summed E-state index contributed by atoms with van der Waals surface area (Å²) < 4.78 is 11.1. The Labute approximate surface area is 169 Å². The fourth-order valence-corrected chi connectivity index (χ4v) is 3.30. The third-order valence-electron chi connectivity index (χ3n) is 4.80. The number of para-hydroxylation sites is 1. The van der Waals surface area contributed by atoms with Crippen LogP contribution in [0.15, 0.2) is 54.7 Å². The van der Waals surface area contributed by atoms with Gasteiger partial charge in [0.2, 0.25) is 0 Å². The first-order chi connectivity index (χ1) is 14.1. The van der Waals surface area contributed by atoms with Crippen molar-refractivity contribution in [3.05, 3.63) is 71.5 Å². The van der Waals surface area contributed by atoms with Crippen molar-refractivity contribution in [1.29, 1.82) is 0 Å². The number of carbonyl (C=O) groups excluding carboxylic acids is 1. The van der Waals surface area contributed by atoms with Crippen LogP contribution in [0.2, 0.25) is 0 Å². The van der Waals surface area contributed by atoms with E-state index in [1.54, 1.807) is 30.5 Å². The van der Waals surface area contributed by atoms with Crippen molar-refractivity contribution in [1.82, 2.24) is 4.98 Å². The minimum absolute atomic E-state index is 0.286. The number of nitrogens with zero attached hydrogens (tertiary/aromatic N) is 1. The predicted octanol–water partition coefficient (Wildman–Crippen LogP) is 4.72. The molecule has 148 valence electrons. The van der Waals surface area contributed by atoms with Crippen LogP contribution in [-0.2, 0) is 6.42 Å². The summed E-state index contributed by atoms with van der Waals surface area (Å²) in [6.45, 7) is 5.22. The van der Waals surface area contributed by atoms with Crippen molar-refractivity contribution in [3.63, 3.8) is 0 Å². The molecule has 4 rings (SSSR count). The molecule has 2 N–H and O–H groups in total. The number of aryl methyl sites for hydroxylation is 2. The van der Waals surface area contributed by atoms with Gasteiger partial charge in [0.25, 0.3) is 5.91 Å². The first-order valence-corrected chi connectivity index (χ1v) is 9.66. The smallest absolute Gasteiger partial charge is 0.274 e. The van der Waals surface area contributed by atoms with Crippen molar-refractivity contribution in [2.75, 3.05) is 23.8 Å². The van der Waals surface area contributed by atoms with Gasteiger partial charge in [0.05, 0.1) is 0 Å². The molecule has 2 heterocycles. The highest BCUT2D eigenvalue weighted by Crippen LogP contribution is 2.32. The number of fused-ring (bicyclic) bond motifs is 1. The molecule has 0 saturated heterocycles. The summed E-state index contributed by atoms with van der Waals surface area (Å²) in [6, 6.07) is 15.2. The number of rotatable bonds is 5. The summed E-state index contributed by atoms with van der Waals surface area (Å²) in [5.41, 5.74) is 5.23. The van der Waals surface area contributed by atoms with Crippen LogP contribution in [0.1, 0.15) is 28.5 Å². The Morgan fingerprint density at radius 3 is 2.69 bits per heavy atom. The molecule has 1 amide bonds. The average Bonchev–Trinajstić information content (AvgIpc) is 2.75. The maximum absolute atomic E-state index is 12.7. The SMILES string of the molecule is CCc1cccc(C)c1Nc1ccnc(C(=O)Nc2ccc3c(c2)OCCO3)c1. The zero-order valence-electron chi connectivity index (χ0n) is 16.5. The van der Waals surface area contributed by atoms with Gasteiger partial charge in [-0.05, 0) is 48.7 Å². The fraction of sp³-hybridized carbons (Fsp3) is 0.217. The van der Waals surface area contributed by atoms with Crippen molar-refractivity contribution in [2.24, 2.45) is 0 Å². The molecule has 1 aliphatic heterocycles. The first kappa shape index (κ1) is 18.8. The van der Waals surface area contributed by atoms with Crippen LogP contribution in [0.4, 0.5) is 17.1 Å². The second-order valence-electron chi connectivity index (χ2n) is 6.83.